The maximum atomic E-state index is 11.2. The summed E-state index contributed by atoms with van der Waals surface area (Å²) in [5.41, 5.74) is 1.29. The highest BCUT2D eigenvalue weighted by molar-refractivity contribution is 14.1. The normalized spacial score (nSPS) is 12.7. The van der Waals surface area contributed by atoms with Crippen LogP contribution >= 0.6 is 33.9 Å². The summed E-state index contributed by atoms with van der Waals surface area (Å²) >= 11 is 3.75. The van der Waals surface area contributed by atoms with Crippen LogP contribution in [0.3, 0.4) is 0 Å². The van der Waals surface area contributed by atoms with Crippen LogP contribution in [0, 0.1) is 17.4 Å². The zero-order valence-corrected chi connectivity index (χ0v) is 13.2. The minimum Gasteiger partial charge on any atom is -0.477 e. The SMILES string of the molecule is Cc1nc(C)c(C(C)n2cc(I)cc2C(=O)O)s1. The molecule has 1 N–H and O–H groups in total. The highest BCUT2D eigenvalue weighted by atomic mass is 127. The van der Waals surface area contributed by atoms with E-state index in [1.54, 1.807) is 22.0 Å². The molecule has 0 bridgehead atoms. The Kier molecular flexibility index (Phi) is 3.76. The zero-order valence-electron chi connectivity index (χ0n) is 10.3. The van der Waals surface area contributed by atoms with Crippen LogP contribution in [-0.2, 0) is 0 Å². The van der Waals surface area contributed by atoms with Gasteiger partial charge in [-0.2, -0.15) is 0 Å². The first-order valence-corrected chi connectivity index (χ1v) is 7.34. The number of aryl methyl sites for hydroxylation is 2. The van der Waals surface area contributed by atoms with E-state index in [2.05, 4.69) is 27.6 Å². The number of aromatic nitrogens is 2. The van der Waals surface area contributed by atoms with Crippen LogP contribution in [0.1, 0.15) is 39.0 Å². The van der Waals surface area contributed by atoms with E-state index in [-0.39, 0.29) is 6.04 Å². The second kappa shape index (κ2) is 5.00. The lowest BCUT2D eigenvalue weighted by Gasteiger charge is -2.14. The summed E-state index contributed by atoms with van der Waals surface area (Å²) in [4.78, 5) is 16.7. The quantitative estimate of drug-likeness (QED) is 0.835. The van der Waals surface area contributed by atoms with Gasteiger partial charge >= 0.3 is 5.97 Å². The molecule has 4 nitrogen and oxygen atoms in total. The lowest BCUT2D eigenvalue weighted by molar-refractivity contribution is 0.0684. The van der Waals surface area contributed by atoms with Gasteiger partial charge in [-0.1, -0.05) is 0 Å². The minimum atomic E-state index is -0.899. The van der Waals surface area contributed by atoms with E-state index in [1.807, 2.05) is 27.0 Å². The van der Waals surface area contributed by atoms with Crippen LogP contribution in [0.15, 0.2) is 12.3 Å². The molecule has 0 radical (unpaired) electrons. The van der Waals surface area contributed by atoms with Gasteiger partial charge in [-0.05, 0) is 49.4 Å². The monoisotopic (exact) mass is 376 g/mol. The van der Waals surface area contributed by atoms with E-state index in [0.29, 0.717) is 5.69 Å². The lowest BCUT2D eigenvalue weighted by Crippen LogP contribution is -2.12. The Labute approximate surface area is 123 Å². The Morgan fingerprint density at radius 2 is 2.22 bits per heavy atom. The van der Waals surface area contributed by atoms with Gasteiger partial charge in [0.1, 0.15) is 5.69 Å². The third kappa shape index (κ3) is 2.44. The van der Waals surface area contributed by atoms with E-state index < -0.39 is 5.97 Å². The number of hydrogen-bond acceptors (Lipinski definition) is 3. The number of aromatic carboxylic acids is 1. The van der Waals surface area contributed by atoms with Gasteiger partial charge in [0.25, 0.3) is 0 Å². The van der Waals surface area contributed by atoms with E-state index in [0.717, 1.165) is 19.1 Å². The second-order valence-corrected chi connectivity index (χ2v) is 6.59. The first kappa shape index (κ1) is 13.5. The third-order valence-corrected chi connectivity index (χ3v) is 4.60. The van der Waals surface area contributed by atoms with E-state index in [9.17, 15) is 9.90 Å². The summed E-state index contributed by atoms with van der Waals surface area (Å²) in [6, 6.07) is 1.67. The van der Waals surface area contributed by atoms with Crippen molar-refractivity contribution in [1.29, 1.82) is 0 Å². The van der Waals surface area contributed by atoms with Crippen molar-refractivity contribution < 1.29 is 9.90 Å². The number of carbonyl (C=O) groups is 1. The van der Waals surface area contributed by atoms with Crippen molar-refractivity contribution in [3.63, 3.8) is 0 Å². The fourth-order valence-corrected chi connectivity index (χ4v) is 3.57. The topological polar surface area (TPSA) is 55.1 Å². The van der Waals surface area contributed by atoms with Gasteiger partial charge in [0.15, 0.2) is 0 Å². The molecule has 0 aromatic carbocycles. The Bertz CT molecular complexity index is 603. The predicted octanol–water partition coefficient (Wildman–Crippen LogP) is 3.47. The van der Waals surface area contributed by atoms with Crippen LogP contribution in [-0.4, -0.2) is 20.6 Å². The number of halogens is 1. The van der Waals surface area contributed by atoms with E-state index in [1.165, 1.54) is 0 Å². The zero-order chi connectivity index (χ0) is 13.4. The average Bonchev–Trinajstić information content (AvgIpc) is 2.81. The molecular weight excluding hydrogens is 363 g/mol. The third-order valence-electron chi connectivity index (χ3n) is 2.77. The molecule has 0 spiro atoms. The minimum absolute atomic E-state index is 0.00850. The van der Waals surface area contributed by atoms with Gasteiger partial charge in [0.05, 0.1) is 21.6 Å². The maximum absolute atomic E-state index is 11.2. The van der Waals surface area contributed by atoms with Crippen LogP contribution < -0.4 is 0 Å². The molecule has 1 unspecified atom stereocenters. The number of carboxylic acid groups (broad SMARTS) is 1. The molecule has 0 saturated heterocycles. The molecule has 2 heterocycles. The Morgan fingerprint density at radius 3 is 2.72 bits per heavy atom. The standard InChI is InChI=1S/C12H13IN2O2S/c1-6-11(18-8(3)14-6)7(2)15-5-9(13)4-10(15)12(16)17/h4-5,7H,1-3H3,(H,16,17). The van der Waals surface area contributed by atoms with E-state index >= 15 is 0 Å². The van der Waals surface area contributed by atoms with Crippen LogP contribution in [0.2, 0.25) is 0 Å². The number of thiazole rings is 1. The Hall–Kier alpha value is -0.890. The first-order valence-electron chi connectivity index (χ1n) is 5.44. The van der Waals surface area contributed by atoms with Crippen molar-refractivity contribution in [3.05, 3.63) is 37.1 Å². The summed E-state index contributed by atoms with van der Waals surface area (Å²) in [7, 11) is 0. The fourth-order valence-electron chi connectivity index (χ4n) is 2.00. The number of nitrogens with zero attached hydrogens (tertiary/aromatic N) is 2. The molecule has 1 atom stereocenters. The summed E-state index contributed by atoms with van der Waals surface area (Å²) < 4.78 is 2.72. The van der Waals surface area contributed by atoms with Gasteiger partial charge in [0.2, 0.25) is 0 Å². The highest BCUT2D eigenvalue weighted by Gasteiger charge is 2.20. The first-order chi connectivity index (χ1) is 8.40. The number of carboxylic acids is 1. The highest BCUT2D eigenvalue weighted by Crippen LogP contribution is 2.29. The molecule has 0 saturated carbocycles. The van der Waals surface area contributed by atoms with Crippen LogP contribution in [0.25, 0.3) is 0 Å². The van der Waals surface area contributed by atoms with Gasteiger partial charge in [0, 0.05) is 9.77 Å². The van der Waals surface area contributed by atoms with Crippen LogP contribution in [0.4, 0.5) is 0 Å². The molecule has 6 heteroatoms. The summed E-state index contributed by atoms with van der Waals surface area (Å²) in [5, 5.41) is 10.2. The Balaban J connectivity index is 2.48. The molecule has 96 valence electrons. The van der Waals surface area contributed by atoms with Crippen molar-refractivity contribution in [2.24, 2.45) is 0 Å². The molecule has 0 aliphatic carbocycles. The maximum Gasteiger partial charge on any atom is 0.352 e. The molecular formula is C12H13IN2O2S. The van der Waals surface area contributed by atoms with Crippen molar-refractivity contribution in [2.45, 2.75) is 26.8 Å². The molecule has 18 heavy (non-hydrogen) atoms. The summed E-state index contributed by atoms with van der Waals surface area (Å²) in [6.07, 6.45) is 1.86. The largest absolute Gasteiger partial charge is 0.477 e. The van der Waals surface area contributed by atoms with Gasteiger partial charge in [-0.25, -0.2) is 9.78 Å². The molecule has 2 aromatic rings. The molecule has 0 aliphatic heterocycles. The predicted molar refractivity (Wildman–Crippen MR) is 79.5 cm³/mol. The van der Waals surface area contributed by atoms with Crippen LogP contribution in [0.5, 0.6) is 0 Å². The fraction of sp³-hybridized carbons (Fsp3) is 0.333. The molecule has 2 aromatic heterocycles. The average molecular weight is 376 g/mol. The van der Waals surface area contributed by atoms with E-state index in [4.69, 9.17) is 0 Å². The van der Waals surface area contributed by atoms with Gasteiger partial charge in [-0.15, -0.1) is 11.3 Å². The lowest BCUT2D eigenvalue weighted by atomic mass is 10.2. The molecule has 2 rings (SSSR count). The van der Waals surface area contributed by atoms with Gasteiger partial charge < -0.3 is 9.67 Å². The summed E-state index contributed by atoms with van der Waals surface area (Å²) in [6.45, 7) is 5.93. The van der Waals surface area contributed by atoms with Crippen molar-refractivity contribution >= 4 is 39.9 Å². The molecule has 0 fully saturated rings. The molecule has 0 aliphatic rings. The molecule has 0 amide bonds. The van der Waals surface area contributed by atoms with Crippen molar-refractivity contribution in [3.8, 4) is 0 Å². The van der Waals surface area contributed by atoms with Gasteiger partial charge in [-0.3, -0.25) is 0 Å². The number of hydrogen-bond donors (Lipinski definition) is 1. The Morgan fingerprint density at radius 1 is 1.56 bits per heavy atom. The van der Waals surface area contributed by atoms with Crippen molar-refractivity contribution in [1.82, 2.24) is 9.55 Å². The second-order valence-electron chi connectivity index (χ2n) is 4.11. The smallest absolute Gasteiger partial charge is 0.352 e. The summed E-state index contributed by atoms with van der Waals surface area (Å²) in [5.74, 6) is -0.899. The number of rotatable bonds is 3. The van der Waals surface area contributed by atoms with Crippen molar-refractivity contribution in [2.75, 3.05) is 0 Å².